The molecule has 1 aliphatic rings. The summed E-state index contributed by atoms with van der Waals surface area (Å²) in [6.45, 7) is 1.82. The largest absolute Gasteiger partial charge is 0.381 e. The van der Waals surface area contributed by atoms with Gasteiger partial charge >= 0.3 is 0 Å². The number of hydrogen-bond acceptors (Lipinski definition) is 1. The predicted octanol–water partition coefficient (Wildman–Crippen LogP) is 2.72. The second kappa shape index (κ2) is 4.04. The predicted molar refractivity (Wildman–Crippen MR) is 47.9 cm³/mol. The summed E-state index contributed by atoms with van der Waals surface area (Å²) >= 11 is 0. The van der Waals surface area contributed by atoms with Gasteiger partial charge < -0.3 is 4.74 Å². The number of methoxy groups -OCH3 is 1. The van der Waals surface area contributed by atoms with Crippen LogP contribution in [-0.4, -0.2) is 19.4 Å². The third kappa shape index (κ3) is 2.31. The molecule has 2 atom stereocenters. The van der Waals surface area contributed by atoms with E-state index in [0.717, 1.165) is 19.3 Å². The summed E-state index contributed by atoms with van der Waals surface area (Å²) in [5.74, 6) is 0.0474. The Labute approximate surface area is 73.6 Å². The molecule has 0 aliphatic heterocycles. The monoisotopic (exact) mass is 172 g/mol. The van der Waals surface area contributed by atoms with Gasteiger partial charge in [0.2, 0.25) is 0 Å². The van der Waals surface area contributed by atoms with E-state index in [1.165, 1.54) is 0 Å². The van der Waals surface area contributed by atoms with Gasteiger partial charge in [-0.1, -0.05) is 12.2 Å². The van der Waals surface area contributed by atoms with Crippen molar-refractivity contribution < 1.29 is 9.13 Å². The van der Waals surface area contributed by atoms with Gasteiger partial charge in [-0.2, -0.15) is 0 Å². The molecule has 0 spiro atoms. The van der Waals surface area contributed by atoms with Crippen LogP contribution in [0.15, 0.2) is 12.2 Å². The molecule has 1 aliphatic carbocycles. The second-order valence-electron chi connectivity index (χ2n) is 3.68. The molecule has 70 valence electrons. The van der Waals surface area contributed by atoms with Crippen LogP contribution in [0.2, 0.25) is 0 Å². The van der Waals surface area contributed by atoms with Crippen LogP contribution >= 0.6 is 0 Å². The molecule has 0 amide bonds. The quantitative estimate of drug-likeness (QED) is 0.595. The van der Waals surface area contributed by atoms with Crippen LogP contribution in [0.5, 0.6) is 0 Å². The molecule has 0 N–H and O–H groups in total. The van der Waals surface area contributed by atoms with Crippen molar-refractivity contribution in [3.8, 4) is 0 Å². The lowest BCUT2D eigenvalue weighted by Gasteiger charge is -2.29. The molecule has 0 saturated heterocycles. The highest BCUT2D eigenvalue weighted by Crippen LogP contribution is 2.31. The third-order valence-electron chi connectivity index (χ3n) is 2.45. The van der Waals surface area contributed by atoms with Crippen molar-refractivity contribution in [1.82, 2.24) is 0 Å². The Morgan fingerprint density at radius 2 is 2.42 bits per heavy atom. The minimum absolute atomic E-state index is 0.0474. The molecule has 12 heavy (non-hydrogen) atoms. The van der Waals surface area contributed by atoms with Crippen LogP contribution in [0.25, 0.3) is 0 Å². The van der Waals surface area contributed by atoms with E-state index in [2.05, 4.69) is 6.08 Å². The standard InChI is InChI=1S/C10H17FO/c1-10(11,8-12-2)9-6-4-3-5-7-9/h4,6,9H,3,5,7-8H2,1-2H3. The van der Waals surface area contributed by atoms with Crippen molar-refractivity contribution in [3.63, 3.8) is 0 Å². The maximum Gasteiger partial charge on any atom is 0.137 e. The molecule has 2 heteroatoms. The molecule has 0 aromatic heterocycles. The zero-order valence-corrected chi connectivity index (χ0v) is 7.85. The van der Waals surface area contributed by atoms with E-state index in [4.69, 9.17) is 4.74 Å². The first kappa shape index (κ1) is 9.72. The minimum atomic E-state index is -1.19. The van der Waals surface area contributed by atoms with Crippen molar-refractivity contribution in [2.24, 2.45) is 5.92 Å². The maximum absolute atomic E-state index is 13.8. The van der Waals surface area contributed by atoms with Gasteiger partial charge in [0, 0.05) is 13.0 Å². The minimum Gasteiger partial charge on any atom is -0.381 e. The van der Waals surface area contributed by atoms with E-state index in [9.17, 15) is 4.39 Å². The first-order chi connectivity index (χ1) is 5.67. The van der Waals surface area contributed by atoms with Crippen molar-refractivity contribution in [1.29, 1.82) is 0 Å². The van der Waals surface area contributed by atoms with Crippen molar-refractivity contribution >= 4 is 0 Å². The second-order valence-corrected chi connectivity index (χ2v) is 3.68. The van der Waals surface area contributed by atoms with Gasteiger partial charge in [0.25, 0.3) is 0 Å². The Morgan fingerprint density at radius 3 is 2.92 bits per heavy atom. The highest BCUT2D eigenvalue weighted by Gasteiger charge is 2.32. The Kier molecular flexibility index (Phi) is 3.27. The fourth-order valence-electron chi connectivity index (χ4n) is 1.70. The van der Waals surface area contributed by atoms with Gasteiger partial charge in [0.15, 0.2) is 0 Å². The number of rotatable bonds is 3. The molecule has 2 unspecified atom stereocenters. The van der Waals surface area contributed by atoms with Crippen LogP contribution in [0.3, 0.4) is 0 Å². The third-order valence-corrected chi connectivity index (χ3v) is 2.45. The molecule has 1 nitrogen and oxygen atoms in total. The summed E-state index contributed by atoms with van der Waals surface area (Å²) in [7, 11) is 1.55. The average Bonchev–Trinajstić information content (AvgIpc) is 2.06. The molecule has 1 rings (SSSR count). The lowest BCUT2D eigenvalue weighted by atomic mass is 9.84. The van der Waals surface area contributed by atoms with Gasteiger partial charge in [-0.15, -0.1) is 0 Å². The first-order valence-electron chi connectivity index (χ1n) is 4.51. The van der Waals surface area contributed by atoms with E-state index >= 15 is 0 Å². The molecule has 0 saturated carbocycles. The SMILES string of the molecule is COCC(C)(F)C1C=CCCC1. The molecule has 0 radical (unpaired) electrons. The molecular formula is C10H17FO. The van der Waals surface area contributed by atoms with E-state index in [0.29, 0.717) is 0 Å². The Balaban J connectivity index is 2.53. The molecule has 0 aromatic carbocycles. The summed E-state index contributed by atoms with van der Waals surface area (Å²) in [4.78, 5) is 0. The van der Waals surface area contributed by atoms with E-state index in [1.807, 2.05) is 6.08 Å². The average molecular weight is 172 g/mol. The highest BCUT2D eigenvalue weighted by molar-refractivity contribution is 5.01. The lowest BCUT2D eigenvalue weighted by Crippen LogP contribution is -2.34. The highest BCUT2D eigenvalue weighted by atomic mass is 19.1. The van der Waals surface area contributed by atoms with Crippen LogP contribution in [0.4, 0.5) is 4.39 Å². The van der Waals surface area contributed by atoms with E-state index in [-0.39, 0.29) is 12.5 Å². The van der Waals surface area contributed by atoms with Crippen LogP contribution in [0.1, 0.15) is 26.2 Å². The van der Waals surface area contributed by atoms with Crippen molar-refractivity contribution in [2.45, 2.75) is 31.9 Å². The fraction of sp³-hybridized carbons (Fsp3) is 0.800. The normalized spacial score (nSPS) is 28.4. The van der Waals surface area contributed by atoms with Gasteiger partial charge in [-0.3, -0.25) is 0 Å². The molecule has 0 aromatic rings. The summed E-state index contributed by atoms with van der Waals surface area (Å²) < 4.78 is 18.7. The summed E-state index contributed by atoms with van der Waals surface area (Å²) in [6, 6.07) is 0. The Morgan fingerprint density at radius 1 is 1.67 bits per heavy atom. The topological polar surface area (TPSA) is 9.23 Å². The zero-order chi connectivity index (χ0) is 9.03. The molecule has 0 fully saturated rings. The lowest BCUT2D eigenvalue weighted by molar-refractivity contribution is 0.0199. The number of alkyl halides is 1. The zero-order valence-electron chi connectivity index (χ0n) is 7.85. The molecule has 0 heterocycles. The summed E-state index contributed by atoms with van der Waals surface area (Å²) in [5.41, 5.74) is -1.19. The van der Waals surface area contributed by atoms with Crippen LogP contribution in [0, 0.1) is 5.92 Å². The van der Waals surface area contributed by atoms with Gasteiger partial charge in [-0.05, 0) is 26.2 Å². The Hall–Kier alpha value is -0.370. The van der Waals surface area contributed by atoms with Crippen LogP contribution < -0.4 is 0 Å². The Bertz CT molecular complexity index is 163. The van der Waals surface area contributed by atoms with Crippen molar-refractivity contribution in [2.75, 3.05) is 13.7 Å². The van der Waals surface area contributed by atoms with Gasteiger partial charge in [0.05, 0.1) is 6.61 Å². The fourth-order valence-corrected chi connectivity index (χ4v) is 1.70. The molecule has 0 bridgehead atoms. The summed E-state index contributed by atoms with van der Waals surface area (Å²) in [6.07, 6.45) is 7.21. The van der Waals surface area contributed by atoms with E-state index < -0.39 is 5.67 Å². The maximum atomic E-state index is 13.8. The number of allylic oxidation sites excluding steroid dienone is 2. The summed E-state index contributed by atoms with van der Waals surface area (Å²) in [5, 5.41) is 0. The first-order valence-corrected chi connectivity index (χ1v) is 4.51. The number of hydrogen-bond donors (Lipinski definition) is 0. The smallest absolute Gasteiger partial charge is 0.137 e. The van der Waals surface area contributed by atoms with Gasteiger partial charge in [0.1, 0.15) is 5.67 Å². The van der Waals surface area contributed by atoms with Crippen LogP contribution in [-0.2, 0) is 4.74 Å². The van der Waals surface area contributed by atoms with Gasteiger partial charge in [-0.25, -0.2) is 4.39 Å². The molecular weight excluding hydrogens is 155 g/mol. The number of halogens is 1. The van der Waals surface area contributed by atoms with Crippen molar-refractivity contribution in [3.05, 3.63) is 12.2 Å². The number of ether oxygens (including phenoxy) is 1. The van der Waals surface area contributed by atoms with E-state index in [1.54, 1.807) is 14.0 Å².